The SMILES string of the molecule is CC(C)C(=O)N(C)c1ccc(CC2CCN(C(C)C)CC2)cc1. The molecule has 23 heavy (non-hydrogen) atoms. The highest BCUT2D eigenvalue weighted by atomic mass is 16.2. The molecule has 1 heterocycles. The molecule has 1 saturated heterocycles. The van der Waals surface area contributed by atoms with Crippen LogP contribution in [-0.4, -0.2) is 37.0 Å². The van der Waals surface area contributed by atoms with Gasteiger partial charge in [-0.25, -0.2) is 0 Å². The van der Waals surface area contributed by atoms with Gasteiger partial charge in [0.15, 0.2) is 0 Å². The molecule has 3 heteroatoms. The van der Waals surface area contributed by atoms with Gasteiger partial charge >= 0.3 is 0 Å². The van der Waals surface area contributed by atoms with E-state index in [1.54, 1.807) is 4.90 Å². The molecule has 0 aromatic heterocycles. The van der Waals surface area contributed by atoms with E-state index in [4.69, 9.17) is 0 Å². The summed E-state index contributed by atoms with van der Waals surface area (Å²) in [4.78, 5) is 16.4. The van der Waals surface area contributed by atoms with Gasteiger partial charge < -0.3 is 9.80 Å². The third-order valence-corrected chi connectivity index (χ3v) is 5.05. The number of rotatable bonds is 5. The van der Waals surface area contributed by atoms with Crippen LogP contribution in [0.5, 0.6) is 0 Å². The van der Waals surface area contributed by atoms with Gasteiger partial charge in [-0.1, -0.05) is 26.0 Å². The average Bonchev–Trinajstić information content (AvgIpc) is 2.54. The molecule has 0 bridgehead atoms. The van der Waals surface area contributed by atoms with E-state index in [-0.39, 0.29) is 11.8 Å². The molecule has 0 spiro atoms. The van der Waals surface area contributed by atoms with E-state index in [1.165, 1.54) is 31.5 Å². The van der Waals surface area contributed by atoms with Crippen molar-refractivity contribution in [1.29, 1.82) is 0 Å². The summed E-state index contributed by atoms with van der Waals surface area (Å²) in [6, 6.07) is 9.21. The molecule has 3 nitrogen and oxygen atoms in total. The third-order valence-electron chi connectivity index (χ3n) is 5.05. The zero-order chi connectivity index (χ0) is 17.0. The van der Waals surface area contributed by atoms with Crippen LogP contribution < -0.4 is 4.90 Å². The maximum atomic E-state index is 12.1. The van der Waals surface area contributed by atoms with Crippen molar-refractivity contribution in [1.82, 2.24) is 4.90 Å². The van der Waals surface area contributed by atoms with E-state index in [9.17, 15) is 4.79 Å². The van der Waals surface area contributed by atoms with Crippen LogP contribution in [0.3, 0.4) is 0 Å². The normalized spacial score (nSPS) is 17.0. The lowest BCUT2D eigenvalue weighted by Crippen LogP contribution is -2.38. The van der Waals surface area contributed by atoms with Crippen LogP contribution in [-0.2, 0) is 11.2 Å². The Bertz CT molecular complexity index is 499. The molecule has 128 valence electrons. The molecule has 0 unspecified atom stereocenters. The first-order valence-electron chi connectivity index (χ1n) is 8.99. The second-order valence-electron chi connectivity index (χ2n) is 7.50. The predicted molar refractivity (Wildman–Crippen MR) is 97.8 cm³/mol. The number of likely N-dealkylation sites (tertiary alicyclic amines) is 1. The van der Waals surface area contributed by atoms with Crippen LogP contribution in [0.4, 0.5) is 5.69 Å². The van der Waals surface area contributed by atoms with E-state index in [1.807, 2.05) is 20.9 Å². The number of benzene rings is 1. The molecule has 1 aliphatic rings. The highest BCUT2D eigenvalue weighted by molar-refractivity contribution is 5.94. The summed E-state index contributed by atoms with van der Waals surface area (Å²) < 4.78 is 0. The summed E-state index contributed by atoms with van der Waals surface area (Å²) >= 11 is 0. The molecular weight excluding hydrogens is 284 g/mol. The van der Waals surface area contributed by atoms with Crippen molar-refractivity contribution in [2.75, 3.05) is 25.0 Å². The largest absolute Gasteiger partial charge is 0.315 e. The van der Waals surface area contributed by atoms with E-state index in [0.717, 1.165) is 18.0 Å². The first-order chi connectivity index (χ1) is 10.9. The summed E-state index contributed by atoms with van der Waals surface area (Å²) in [6.07, 6.45) is 3.76. The van der Waals surface area contributed by atoms with Crippen LogP contribution in [0.2, 0.25) is 0 Å². The van der Waals surface area contributed by atoms with Gasteiger partial charge in [0.05, 0.1) is 0 Å². The first-order valence-corrected chi connectivity index (χ1v) is 8.99. The van der Waals surface area contributed by atoms with Crippen LogP contribution >= 0.6 is 0 Å². The second kappa shape index (κ2) is 7.96. The predicted octanol–water partition coefficient (Wildman–Crippen LogP) is 3.97. The van der Waals surface area contributed by atoms with Crippen LogP contribution in [0.1, 0.15) is 46.1 Å². The monoisotopic (exact) mass is 316 g/mol. The van der Waals surface area contributed by atoms with Gasteiger partial charge in [0, 0.05) is 24.7 Å². The van der Waals surface area contributed by atoms with Gasteiger partial charge in [0.25, 0.3) is 0 Å². The fraction of sp³-hybridized carbons (Fsp3) is 0.650. The van der Waals surface area contributed by atoms with Gasteiger partial charge in [-0.15, -0.1) is 0 Å². The number of amides is 1. The fourth-order valence-corrected chi connectivity index (χ4v) is 3.38. The smallest absolute Gasteiger partial charge is 0.229 e. The zero-order valence-corrected chi connectivity index (χ0v) is 15.4. The first kappa shape index (κ1) is 18.0. The van der Waals surface area contributed by atoms with E-state index < -0.39 is 0 Å². The van der Waals surface area contributed by atoms with Crippen molar-refractivity contribution in [3.8, 4) is 0 Å². The number of hydrogen-bond acceptors (Lipinski definition) is 2. The summed E-state index contributed by atoms with van der Waals surface area (Å²) in [7, 11) is 1.86. The quantitative estimate of drug-likeness (QED) is 0.820. The van der Waals surface area contributed by atoms with Crippen LogP contribution in [0, 0.1) is 11.8 Å². The average molecular weight is 316 g/mol. The Hall–Kier alpha value is -1.35. The maximum absolute atomic E-state index is 12.1. The molecule has 0 aliphatic carbocycles. The second-order valence-corrected chi connectivity index (χ2v) is 7.50. The molecule has 1 amide bonds. The Morgan fingerprint density at radius 2 is 1.70 bits per heavy atom. The van der Waals surface area contributed by atoms with Crippen molar-refractivity contribution in [3.63, 3.8) is 0 Å². The number of carbonyl (C=O) groups excluding carboxylic acids is 1. The zero-order valence-electron chi connectivity index (χ0n) is 15.4. The Labute approximate surface area is 141 Å². The molecule has 1 aromatic rings. The molecule has 1 aliphatic heterocycles. The molecule has 1 fully saturated rings. The minimum absolute atomic E-state index is 0.0332. The molecule has 0 N–H and O–H groups in total. The molecule has 0 saturated carbocycles. The van der Waals surface area contributed by atoms with Crippen molar-refractivity contribution in [3.05, 3.63) is 29.8 Å². The van der Waals surface area contributed by atoms with Gasteiger partial charge in [-0.3, -0.25) is 4.79 Å². The molecular formula is C20H32N2O. The third kappa shape index (κ3) is 4.81. The molecule has 2 rings (SSSR count). The Kier molecular flexibility index (Phi) is 6.23. The Balaban J connectivity index is 1.90. The fourth-order valence-electron chi connectivity index (χ4n) is 3.38. The maximum Gasteiger partial charge on any atom is 0.229 e. The highest BCUT2D eigenvalue weighted by Gasteiger charge is 2.21. The van der Waals surface area contributed by atoms with Crippen LogP contribution in [0.25, 0.3) is 0 Å². The molecule has 0 radical (unpaired) electrons. The Morgan fingerprint density at radius 3 is 2.17 bits per heavy atom. The number of anilines is 1. The standard InChI is InChI=1S/C20H32N2O/c1-15(2)20(23)21(5)19-8-6-17(7-9-19)14-18-10-12-22(13-11-18)16(3)4/h6-9,15-16,18H,10-14H2,1-5H3. The number of hydrogen-bond donors (Lipinski definition) is 0. The highest BCUT2D eigenvalue weighted by Crippen LogP contribution is 2.24. The van der Waals surface area contributed by atoms with Crippen molar-refractivity contribution >= 4 is 11.6 Å². The van der Waals surface area contributed by atoms with E-state index in [2.05, 4.69) is 43.0 Å². The lowest BCUT2D eigenvalue weighted by Gasteiger charge is -2.34. The topological polar surface area (TPSA) is 23.6 Å². The van der Waals surface area contributed by atoms with Gasteiger partial charge in [-0.05, 0) is 69.8 Å². The minimum atomic E-state index is 0.0332. The van der Waals surface area contributed by atoms with Crippen molar-refractivity contribution in [2.45, 2.75) is 53.0 Å². The van der Waals surface area contributed by atoms with Crippen molar-refractivity contribution < 1.29 is 4.79 Å². The Morgan fingerprint density at radius 1 is 1.13 bits per heavy atom. The number of piperidine rings is 1. The van der Waals surface area contributed by atoms with Gasteiger partial charge in [-0.2, -0.15) is 0 Å². The van der Waals surface area contributed by atoms with Gasteiger partial charge in [0.1, 0.15) is 0 Å². The number of nitrogens with zero attached hydrogens (tertiary/aromatic N) is 2. The lowest BCUT2D eigenvalue weighted by molar-refractivity contribution is -0.121. The minimum Gasteiger partial charge on any atom is -0.315 e. The molecule has 1 aromatic carbocycles. The lowest BCUT2D eigenvalue weighted by atomic mass is 9.89. The summed E-state index contributed by atoms with van der Waals surface area (Å²) in [5.74, 6) is 0.996. The van der Waals surface area contributed by atoms with Crippen molar-refractivity contribution in [2.24, 2.45) is 11.8 Å². The van der Waals surface area contributed by atoms with Crippen LogP contribution in [0.15, 0.2) is 24.3 Å². The van der Waals surface area contributed by atoms with Gasteiger partial charge in [0.2, 0.25) is 5.91 Å². The summed E-state index contributed by atoms with van der Waals surface area (Å²) in [5.41, 5.74) is 2.38. The van der Waals surface area contributed by atoms with E-state index in [0.29, 0.717) is 6.04 Å². The summed E-state index contributed by atoms with van der Waals surface area (Å²) in [6.45, 7) is 10.9. The summed E-state index contributed by atoms with van der Waals surface area (Å²) in [5, 5.41) is 0. The van der Waals surface area contributed by atoms with E-state index >= 15 is 0 Å². The number of carbonyl (C=O) groups is 1. The molecule has 0 atom stereocenters.